The third-order valence-corrected chi connectivity index (χ3v) is 1.40. The Labute approximate surface area is 71.6 Å². The van der Waals surface area contributed by atoms with E-state index in [1.807, 2.05) is 0 Å². The average Bonchev–Trinajstić information content (AvgIpc) is 1.96. The Bertz CT molecular complexity index is 167. The molecular weight excluding hydrogens is 164 g/mol. The minimum atomic E-state index is -1.05. The quantitative estimate of drug-likeness (QED) is 0.402. The zero-order valence-corrected chi connectivity index (χ0v) is 7.02. The molecule has 0 unspecified atom stereocenters. The first kappa shape index (κ1) is 10.3. The van der Waals surface area contributed by atoms with Gasteiger partial charge in [-0.2, -0.15) is 0 Å². The van der Waals surface area contributed by atoms with Gasteiger partial charge in [-0.25, -0.2) is 4.79 Å². The minimum absolute atomic E-state index is 0.656. The molecule has 0 fully saturated rings. The van der Waals surface area contributed by atoms with Crippen molar-refractivity contribution >= 4 is 17.6 Å². The van der Waals surface area contributed by atoms with Gasteiger partial charge < -0.3 is 5.11 Å². The van der Waals surface area contributed by atoms with E-state index in [0.29, 0.717) is 12.3 Å². The molecule has 0 aromatic rings. The molecule has 2 nitrogen and oxygen atoms in total. The Hall–Kier alpha value is -0.680. The molecule has 0 atom stereocenters. The second-order valence-electron chi connectivity index (χ2n) is 2.11. The Morgan fingerprint density at radius 1 is 1.36 bits per heavy atom. The van der Waals surface area contributed by atoms with Crippen molar-refractivity contribution in [2.24, 2.45) is 0 Å². The lowest BCUT2D eigenvalue weighted by Gasteiger charge is -1.90. The lowest BCUT2D eigenvalue weighted by Crippen LogP contribution is -1.86. The van der Waals surface area contributed by atoms with Crippen molar-refractivity contribution in [3.63, 3.8) is 0 Å². The molecule has 0 amide bonds. The monoisotopic (exact) mass is 174 g/mol. The highest BCUT2D eigenvalue weighted by molar-refractivity contribution is 6.17. The predicted molar refractivity (Wildman–Crippen MR) is 44.6 cm³/mol. The third kappa shape index (κ3) is 9.32. The zero-order chi connectivity index (χ0) is 8.53. The van der Waals surface area contributed by atoms with Gasteiger partial charge in [-0.1, -0.05) is 12.3 Å². The number of hydrogen-bond acceptors (Lipinski definition) is 1. The van der Waals surface area contributed by atoms with Crippen LogP contribution in [-0.4, -0.2) is 17.0 Å². The fourth-order valence-corrected chi connectivity index (χ4v) is 0.812. The zero-order valence-electron chi connectivity index (χ0n) is 6.27. The van der Waals surface area contributed by atoms with Crippen LogP contribution >= 0.6 is 11.6 Å². The summed E-state index contributed by atoms with van der Waals surface area (Å²) in [7, 11) is 0. The molecule has 0 saturated heterocycles. The molecule has 0 spiro atoms. The van der Waals surface area contributed by atoms with E-state index < -0.39 is 5.97 Å². The first-order valence-electron chi connectivity index (χ1n) is 3.55. The summed E-state index contributed by atoms with van der Waals surface area (Å²) in [5, 5.41) is 8.12. The molecule has 0 rings (SSSR count). The van der Waals surface area contributed by atoms with E-state index in [9.17, 15) is 4.79 Å². The summed E-state index contributed by atoms with van der Waals surface area (Å²) in [4.78, 5) is 9.89. The van der Waals surface area contributed by atoms with Crippen molar-refractivity contribution in [2.45, 2.75) is 25.7 Å². The molecule has 1 N–H and O–H groups in total. The number of alkyl halides is 1. The smallest absolute Gasteiger partial charge is 0.381 e. The van der Waals surface area contributed by atoms with Gasteiger partial charge in [-0.05, 0) is 12.8 Å². The van der Waals surface area contributed by atoms with E-state index >= 15 is 0 Å². The number of hydrogen-bond donors (Lipinski definition) is 1. The van der Waals surface area contributed by atoms with Crippen LogP contribution in [0, 0.1) is 11.8 Å². The summed E-state index contributed by atoms with van der Waals surface area (Å²) in [6.45, 7) is 0. The highest BCUT2D eigenvalue weighted by atomic mass is 35.5. The highest BCUT2D eigenvalue weighted by Gasteiger charge is 1.86. The van der Waals surface area contributed by atoms with Crippen LogP contribution in [0.2, 0.25) is 0 Å². The molecule has 0 bridgehead atoms. The molecule has 0 aromatic heterocycles. The topological polar surface area (TPSA) is 37.3 Å². The molecular formula is C8H11ClO2. The Balaban J connectivity index is 3.15. The van der Waals surface area contributed by atoms with Crippen LogP contribution in [-0.2, 0) is 4.79 Å². The van der Waals surface area contributed by atoms with Crippen molar-refractivity contribution in [2.75, 3.05) is 5.88 Å². The number of rotatable bonds is 4. The van der Waals surface area contributed by atoms with Gasteiger partial charge in [-0.15, -0.1) is 11.6 Å². The average molecular weight is 175 g/mol. The van der Waals surface area contributed by atoms with Crippen molar-refractivity contribution in [3.05, 3.63) is 0 Å². The molecule has 0 radical (unpaired) electrons. The maximum absolute atomic E-state index is 9.89. The Morgan fingerprint density at radius 2 is 2.09 bits per heavy atom. The lowest BCUT2D eigenvalue weighted by molar-refractivity contribution is -0.130. The number of aliphatic carboxylic acids is 1. The predicted octanol–water partition coefficient (Wildman–Crippen LogP) is 1.87. The number of carboxylic acids is 1. The van der Waals surface area contributed by atoms with Crippen molar-refractivity contribution in [1.29, 1.82) is 0 Å². The number of carboxylic acid groups (broad SMARTS) is 1. The molecule has 0 saturated carbocycles. The standard InChI is InChI=1S/C8H11ClO2/c9-7-5-3-1-2-4-6-8(10)11/h1-3,5,7H2,(H,10,11). The fraction of sp³-hybridized carbons (Fsp3) is 0.625. The van der Waals surface area contributed by atoms with Gasteiger partial charge in [0, 0.05) is 18.2 Å². The SMILES string of the molecule is O=C(O)C#CCCCCCCl. The van der Waals surface area contributed by atoms with Crippen LogP contribution in [0.3, 0.4) is 0 Å². The van der Waals surface area contributed by atoms with E-state index in [4.69, 9.17) is 16.7 Å². The van der Waals surface area contributed by atoms with Gasteiger partial charge in [0.15, 0.2) is 0 Å². The molecule has 0 aliphatic rings. The minimum Gasteiger partial charge on any atom is -0.472 e. The van der Waals surface area contributed by atoms with Crippen LogP contribution in [0.1, 0.15) is 25.7 Å². The summed E-state index contributed by atoms with van der Waals surface area (Å²) < 4.78 is 0. The van der Waals surface area contributed by atoms with Gasteiger partial charge in [0.25, 0.3) is 0 Å². The second-order valence-corrected chi connectivity index (χ2v) is 2.48. The van der Waals surface area contributed by atoms with Gasteiger partial charge in [-0.3, -0.25) is 0 Å². The van der Waals surface area contributed by atoms with Gasteiger partial charge >= 0.3 is 5.97 Å². The molecule has 3 heteroatoms. The van der Waals surface area contributed by atoms with E-state index in [1.54, 1.807) is 0 Å². The maximum Gasteiger partial charge on any atom is 0.381 e. The maximum atomic E-state index is 9.89. The van der Waals surface area contributed by atoms with Gasteiger partial charge in [0.2, 0.25) is 0 Å². The molecule has 11 heavy (non-hydrogen) atoms. The van der Waals surface area contributed by atoms with Crippen LogP contribution in [0.5, 0.6) is 0 Å². The first-order valence-corrected chi connectivity index (χ1v) is 4.08. The van der Waals surface area contributed by atoms with Crippen LogP contribution in [0.4, 0.5) is 0 Å². The molecule has 0 aliphatic carbocycles. The fourth-order valence-electron chi connectivity index (χ4n) is 0.623. The van der Waals surface area contributed by atoms with Gasteiger partial charge in [0.1, 0.15) is 0 Å². The van der Waals surface area contributed by atoms with Gasteiger partial charge in [0.05, 0.1) is 0 Å². The lowest BCUT2D eigenvalue weighted by atomic mass is 10.2. The molecule has 62 valence electrons. The van der Waals surface area contributed by atoms with E-state index in [2.05, 4.69) is 11.8 Å². The third-order valence-electron chi connectivity index (χ3n) is 1.13. The number of unbranched alkanes of at least 4 members (excludes halogenated alkanes) is 3. The molecule has 0 aliphatic heterocycles. The van der Waals surface area contributed by atoms with Crippen LogP contribution < -0.4 is 0 Å². The largest absolute Gasteiger partial charge is 0.472 e. The Morgan fingerprint density at radius 3 is 2.64 bits per heavy atom. The molecule has 0 heterocycles. The summed E-state index contributed by atoms with van der Waals surface area (Å²) in [5.74, 6) is 4.23. The number of carbonyl (C=O) groups is 1. The van der Waals surface area contributed by atoms with Crippen molar-refractivity contribution in [1.82, 2.24) is 0 Å². The van der Waals surface area contributed by atoms with E-state index in [1.165, 1.54) is 0 Å². The van der Waals surface area contributed by atoms with Crippen LogP contribution in [0.25, 0.3) is 0 Å². The second kappa shape index (κ2) is 7.43. The van der Waals surface area contributed by atoms with Crippen molar-refractivity contribution in [3.8, 4) is 11.8 Å². The normalized spacial score (nSPS) is 8.45. The Kier molecular flexibility index (Phi) is 6.97. The number of halogens is 1. The molecule has 0 aromatic carbocycles. The van der Waals surface area contributed by atoms with Crippen molar-refractivity contribution < 1.29 is 9.90 Å². The summed E-state index contributed by atoms with van der Waals surface area (Å²) in [6, 6.07) is 0. The highest BCUT2D eigenvalue weighted by Crippen LogP contribution is 1.99. The van der Waals surface area contributed by atoms with E-state index in [-0.39, 0.29) is 0 Å². The van der Waals surface area contributed by atoms with Crippen LogP contribution in [0.15, 0.2) is 0 Å². The summed E-state index contributed by atoms with van der Waals surface area (Å²) in [5.41, 5.74) is 0. The summed E-state index contributed by atoms with van der Waals surface area (Å²) in [6.07, 6.45) is 3.60. The summed E-state index contributed by atoms with van der Waals surface area (Å²) >= 11 is 5.43. The van der Waals surface area contributed by atoms with E-state index in [0.717, 1.165) is 19.3 Å². The first-order chi connectivity index (χ1) is 5.27.